The number of ether oxygens (including phenoxy) is 3. The first-order chi connectivity index (χ1) is 12.9. The van der Waals surface area contributed by atoms with Crippen LogP contribution in [0.4, 0.5) is 0 Å². The van der Waals surface area contributed by atoms with E-state index < -0.39 is 0 Å². The molecule has 3 saturated heterocycles. The smallest absolute Gasteiger partial charge is 0.0771 e. The van der Waals surface area contributed by atoms with Crippen LogP contribution in [0.1, 0.15) is 19.3 Å². The van der Waals surface area contributed by atoms with Crippen LogP contribution < -0.4 is 10.6 Å². The van der Waals surface area contributed by atoms with Crippen molar-refractivity contribution in [3.8, 4) is 0 Å². The van der Waals surface area contributed by atoms with Gasteiger partial charge in [-0.1, -0.05) is 0 Å². The lowest BCUT2D eigenvalue weighted by Crippen LogP contribution is -2.52. The summed E-state index contributed by atoms with van der Waals surface area (Å²) in [6, 6.07) is 0. The summed E-state index contributed by atoms with van der Waals surface area (Å²) in [5, 5.41) is 7.27. The van der Waals surface area contributed by atoms with Crippen LogP contribution in [0.3, 0.4) is 0 Å². The summed E-state index contributed by atoms with van der Waals surface area (Å²) in [6.07, 6.45) is 4.02. The Kier molecular flexibility index (Phi) is 3.16. The van der Waals surface area contributed by atoms with Gasteiger partial charge in [0.25, 0.3) is 0 Å². The Balaban J connectivity index is 1.15. The van der Waals surface area contributed by atoms with E-state index in [0.717, 1.165) is 86.7 Å². The highest BCUT2D eigenvalue weighted by Gasteiger charge is 2.96. The number of nitrogens with one attached hydrogen (secondary N) is 2. The van der Waals surface area contributed by atoms with E-state index in [2.05, 4.69) is 10.6 Å². The van der Waals surface area contributed by atoms with Crippen molar-refractivity contribution in [1.29, 1.82) is 0 Å². The molecule has 0 aromatic carbocycles. The third-order valence-electron chi connectivity index (χ3n) is 9.74. The van der Waals surface area contributed by atoms with Crippen LogP contribution in [0.5, 0.6) is 0 Å². The van der Waals surface area contributed by atoms with Crippen LogP contribution >= 0.6 is 0 Å². The van der Waals surface area contributed by atoms with Crippen molar-refractivity contribution in [2.45, 2.75) is 30.5 Å². The minimum absolute atomic E-state index is 0.247. The van der Waals surface area contributed by atoms with Gasteiger partial charge in [0.1, 0.15) is 0 Å². The molecule has 3 heterocycles. The molecule has 5 heteroatoms. The van der Waals surface area contributed by atoms with Gasteiger partial charge in [-0.2, -0.15) is 0 Å². The van der Waals surface area contributed by atoms with Crippen LogP contribution in [-0.4, -0.2) is 63.8 Å². The SMILES string of the molecule is C1COCCOCCNCCC23OC4(CCN1)C1C5CC(C6C5C4C62)C13. The molecule has 4 bridgehead atoms. The average Bonchev–Trinajstić information content (AvgIpc) is 3.27. The molecule has 10 unspecified atom stereocenters. The van der Waals surface area contributed by atoms with E-state index in [1.807, 2.05) is 0 Å². The van der Waals surface area contributed by atoms with Gasteiger partial charge in [0.15, 0.2) is 0 Å². The molecule has 10 atom stereocenters. The molecule has 5 saturated carbocycles. The Hall–Kier alpha value is -0.200. The molecule has 8 fully saturated rings. The summed E-state index contributed by atoms with van der Waals surface area (Å²) in [6.45, 7) is 7.06. The Morgan fingerprint density at radius 1 is 0.615 bits per heavy atom. The van der Waals surface area contributed by atoms with Crippen molar-refractivity contribution in [1.82, 2.24) is 10.6 Å². The topological polar surface area (TPSA) is 51.8 Å². The monoisotopic (exact) mass is 360 g/mol. The molecular weight excluding hydrogens is 328 g/mol. The molecule has 0 radical (unpaired) electrons. The third-order valence-corrected chi connectivity index (χ3v) is 9.74. The van der Waals surface area contributed by atoms with Gasteiger partial charge >= 0.3 is 0 Å². The second-order valence-electron chi connectivity index (χ2n) is 10.1. The van der Waals surface area contributed by atoms with Crippen molar-refractivity contribution in [2.24, 2.45) is 47.3 Å². The molecule has 3 aliphatic heterocycles. The molecule has 0 aromatic rings. The maximum Gasteiger partial charge on any atom is 0.0771 e. The molecule has 2 spiro atoms. The summed E-state index contributed by atoms with van der Waals surface area (Å²) in [7, 11) is 0. The molecule has 5 aliphatic carbocycles. The molecule has 8 aliphatic rings. The fourth-order valence-corrected chi connectivity index (χ4v) is 9.71. The largest absolute Gasteiger partial charge is 0.378 e. The Morgan fingerprint density at radius 2 is 1.15 bits per heavy atom. The lowest BCUT2D eigenvalue weighted by atomic mass is 9.54. The van der Waals surface area contributed by atoms with Gasteiger partial charge in [-0.25, -0.2) is 0 Å². The number of rotatable bonds is 0. The zero-order valence-electron chi connectivity index (χ0n) is 15.6. The van der Waals surface area contributed by atoms with E-state index in [1.165, 1.54) is 12.8 Å². The second-order valence-corrected chi connectivity index (χ2v) is 10.1. The molecule has 5 nitrogen and oxygen atoms in total. The van der Waals surface area contributed by atoms with Crippen LogP contribution in [0.15, 0.2) is 0 Å². The normalized spacial score (nSPS) is 62.8. The van der Waals surface area contributed by atoms with E-state index in [0.29, 0.717) is 13.2 Å². The van der Waals surface area contributed by atoms with E-state index in [4.69, 9.17) is 14.2 Å². The van der Waals surface area contributed by atoms with Crippen molar-refractivity contribution >= 4 is 0 Å². The molecular formula is C21H32N2O3. The maximum absolute atomic E-state index is 7.23. The fraction of sp³-hybridized carbons (Fsp3) is 1.00. The Labute approximate surface area is 155 Å². The Morgan fingerprint density at radius 3 is 1.69 bits per heavy atom. The van der Waals surface area contributed by atoms with Crippen LogP contribution in [0.2, 0.25) is 0 Å². The number of hydrogen-bond acceptors (Lipinski definition) is 5. The zero-order chi connectivity index (χ0) is 16.9. The van der Waals surface area contributed by atoms with Gasteiger partial charge in [-0.3, -0.25) is 0 Å². The van der Waals surface area contributed by atoms with Crippen LogP contribution in [0, 0.1) is 47.3 Å². The molecule has 0 aromatic heterocycles. The lowest BCUT2D eigenvalue weighted by Gasteiger charge is -2.48. The first-order valence-electron chi connectivity index (χ1n) is 11.2. The summed E-state index contributed by atoms with van der Waals surface area (Å²) in [4.78, 5) is 0. The molecule has 8 rings (SSSR count). The van der Waals surface area contributed by atoms with Gasteiger partial charge in [-0.05, 0) is 79.7 Å². The van der Waals surface area contributed by atoms with Gasteiger partial charge in [0.2, 0.25) is 0 Å². The Bertz CT molecular complexity index is 562. The maximum atomic E-state index is 7.23. The zero-order valence-corrected chi connectivity index (χ0v) is 15.6. The van der Waals surface area contributed by atoms with E-state index >= 15 is 0 Å². The molecule has 26 heavy (non-hydrogen) atoms. The molecule has 144 valence electrons. The summed E-state index contributed by atoms with van der Waals surface area (Å²) >= 11 is 0. The van der Waals surface area contributed by atoms with Gasteiger partial charge < -0.3 is 24.8 Å². The van der Waals surface area contributed by atoms with Crippen molar-refractivity contribution in [3.05, 3.63) is 0 Å². The predicted molar refractivity (Wildman–Crippen MR) is 95.7 cm³/mol. The van der Waals surface area contributed by atoms with E-state index in [1.54, 1.807) is 6.42 Å². The fourth-order valence-electron chi connectivity index (χ4n) is 9.71. The first-order valence-corrected chi connectivity index (χ1v) is 11.2. The highest BCUT2D eigenvalue weighted by Crippen LogP contribution is 2.93. The second kappa shape index (κ2) is 5.24. The highest BCUT2D eigenvalue weighted by atomic mass is 16.5. The molecule has 0 amide bonds. The van der Waals surface area contributed by atoms with Gasteiger partial charge in [-0.15, -0.1) is 0 Å². The van der Waals surface area contributed by atoms with E-state index in [9.17, 15) is 0 Å². The summed E-state index contributed by atoms with van der Waals surface area (Å²) in [5.41, 5.74) is 0.495. The minimum atomic E-state index is 0.247. The van der Waals surface area contributed by atoms with Crippen molar-refractivity contribution in [3.63, 3.8) is 0 Å². The van der Waals surface area contributed by atoms with Crippen molar-refractivity contribution < 1.29 is 14.2 Å². The number of hydrogen-bond donors (Lipinski definition) is 2. The standard InChI is InChI=1S/C21H32N2O3/c1-3-22-5-7-24-9-10-25-8-6-23-4-2-21-17-13-11-12-14-15(13)19(21)18(14)20(1,26-21)16(12)17/h12-19,22-23H,1-11H2. The van der Waals surface area contributed by atoms with E-state index in [-0.39, 0.29) is 11.2 Å². The predicted octanol–water partition coefficient (Wildman–Crippen LogP) is 0.888. The highest BCUT2D eigenvalue weighted by molar-refractivity contribution is 5.43. The quantitative estimate of drug-likeness (QED) is 0.672. The third kappa shape index (κ3) is 1.57. The minimum Gasteiger partial charge on any atom is -0.378 e. The summed E-state index contributed by atoms with van der Waals surface area (Å²) < 4.78 is 18.6. The van der Waals surface area contributed by atoms with Crippen molar-refractivity contribution in [2.75, 3.05) is 52.6 Å². The first kappa shape index (κ1) is 15.7. The van der Waals surface area contributed by atoms with Crippen LogP contribution in [-0.2, 0) is 14.2 Å². The summed E-state index contributed by atoms with van der Waals surface area (Å²) in [5.74, 6) is 7.76. The average molecular weight is 360 g/mol. The van der Waals surface area contributed by atoms with Crippen LogP contribution in [0.25, 0.3) is 0 Å². The van der Waals surface area contributed by atoms with Gasteiger partial charge in [0.05, 0.1) is 37.6 Å². The molecule has 2 N–H and O–H groups in total. The lowest BCUT2D eigenvalue weighted by molar-refractivity contribution is -0.0788. The van der Waals surface area contributed by atoms with Gasteiger partial charge in [0, 0.05) is 13.1 Å².